The number of amides is 1. The van der Waals surface area contributed by atoms with Crippen LogP contribution in [-0.2, 0) is 0 Å². The number of benzene rings is 1. The molecule has 102 valence electrons. The van der Waals surface area contributed by atoms with E-state index in [2.05, 4.69) is 10.4 Å². The average Bonchev–Trinajstić information content (AvgIpc) is 2.29. The van der Waals surface area contributed by atoms with Crippen molar-refractivity contribution < 1.29 is 4.79 Å². The van der Waals surface area contributed by atoms with Crippen LogP contribution in [-0.4, -0.2) is 30.9 Å². The van der Waals surface area contributed by atoms with Gasteiger partial charge in [-0.15, -0.1) is 24.8 Å². The van der Waals surface area contributed by atoms with Crippen molar-refractivity contribution in [2.75, 3.05) is 14.1 Å². The van der Waals surface area contributed by atoms with Crippen LogP contribution in [0.15, 0.2) is 29.3 Å². The fourth-order valence-electron chi connectivity index (χ4n) is 1.22. The molecular formula is C10H15Cl3N4O. The Morgan fingerprint density at radius 2 is 2.06 bits per heavy atom. The van der Waals surface area contributed by atoms with Crippen molar-refractivity contribution in [1.82, 2.24) is 10.3 Å². The fraction of sp³-hybridized carbons (Fsp3) is 0.200. The lowest BCUT2D eigenvalue weighted by molar-refractivity contribution is 0.0867. The van der Waals surface area contributed by atoms with Crippen LogP contribution in [0, 0.1) is 0 Å². The summed E-state index contributed by atoms with van der Waals surface area (Å²) in [4.78, 5) is 17.1. The number of guanidine groups is 1. The Bertz CT molecular complexity index is 425. The smallest absolute Gasteiger partial charge is 0.260 e. The highest BCUT2D eigenvalue weighted by Gasteiger charge is 2.15. The van der Waals surface area contributed by atoms with Crippen LogP contribution in [0.25, 0.3) is 0 Å². The summed E-state index contributed by atoms with van der Waals surface area (Å²) in [6.45, 7) is 0. The van der Waals surface area contributed by atoms with E-state index in [1.165, 1.54) is 11.9 Å². The zero-order chi connectivity index (χ0) is 12.1. The number of rotatable bonds is 1. The molecule has 0 aliphatic carbocycles. The van der Waals surface area contributed by atoms with Crippen molar-refractivity contribution in [1.29, 1.82) is 0 Å². The van der Waals surface area contributed by atoms with E-state index in [0.29, 0.717) is 10.6 Å². The van der Waals surface area contributed by atoms with Gasteiger partial charge in [0.05, 0.1) is 0 Å². The van der Waals surface area contributed by atoms with E-state index >= 15 is 0 Å². The SMILES string of the molecule is CN=C(NN)N(C)C(=O)c1cccc(Cl)c1.Cl.Cl. The summed E-state index contributed by atoms with van der Waals surface area (Å²) in [6.07, 6.45) is 0. The molecule has 0 spiro atoms. The topological polar surface area (TPSA) is 70.7 Å². The van der Waals surface area contributed by atoms with Crippen LogP contribution in [0.2, 0.25) is 5.02 Å². The Kier molecular flexibility index (Phi) is 9.66. The lowest BCUT2D eigenvalue weighted by atomic mass is 10.2. The van der Waals surface area contributed by atoms with Crippen molar-refractivity contribution >= 4 is 48.3 Å². The van der Waals surface area contributed by atoms with Crippen molar-refractivity contribution in [3.63, 3.8) is 0 Å². The number of carbonyl (C=O) groups is 1. The van der Waals surface area contributed by atoms with E-state index in [9.17, 15) is 4.79 Å². The Morgan fingerprint density at radius 1 is 1.44 bits per heavy atom. The van der Waals surface area contributed by atoms with E-state index in [4.69, 9.17) is 17.4 Å². The van der Waals surface area contributed by atoms with Crippen LogP contribution in [0.3, 0.4) is 0 Å². The van der Waals surface area contributed by atoms with Crippen LogP contribution in [0.1, 0.15) is 10.4 Å². The van der Waals surface area contributed by atoms with Crippen molar-refractivity contribution in [2.45, 2.75) is 0 Å². The summed E-state index contributed by atoms with van der Waals surface area (Å²) in [5.74, 6) is 5.28. The number of nitrogens with one attached hydrogen (secondary N) is 1. The summed E-state index contributed by atoms with van der Waals surface area (Å²) in [5.41, 5.74) is 2.82. The first-order valence-corrected chi connectivity index (χ1v) is 4.95. The minimum Gasteiger partial charge on any atom is -0.294 e. The number of nitrogens with zero attached hydrogens (tertiary/aromatic N) is 2. The fourth-order valence-corrected chi connectivity index (χ4v) is 1.41. The maximum absolute atomic E-state index is 11.9. The van der Waals surface area contributed by atoms with E-state index in [1.807, 2.05) is 0 Å². The van der Waals surface area contributed by atoms with Gasteiger partial charge in [0.2, 0.25) is 5.96 Å². The van der Waals surface area contributed by atoms with Gasteiger partial charge in [-0.25, -0.2) is 5.84 Å². The standard InChI is InChI=1S/C10H13ClN4O.2ClH/c1-13-10(14-12)15(2)9(16)7-4-3-5-8(11)6-7;;/h3-6H,12H2,1-2H3,(H,13,14);2*1H. The highest BCUT2D eigenvalue weighted by Crippen LogP contribution is 2.12. The summed E-state index contributed by atoms with van der Waals surface area (Å²) in [7, 11) is 3.11. The third kappa shape index (κ3) is 4.70. The lowest BCUT2D eigenvalue weighted by Crippen LogP contribution is -2.45. The highest BCUT2D eigenvalue weighted by molar-refractivity contribution is 6.31. The van der Waals surface area contributed by atoms with Gasteiger partial charge in [-0.2, -0.15) is 0 Å². The Labute approximate surface area is 123 Å². The Hall–Kier alpha value is -1.01. The first-order chi connectivity index (χ1) is 7.60. The molecule has 5 nitrogen and oxygen atoms in total. The molecular weight excluding hydrogens is 298 g/mol. The number of aliphatic imine (C=N–C) groups is 1. The van der Waals surface area contributed by atoms with Crippen LogP contribution < -0.4 is 11.3 Å². The second kappa shape index (κ2) is 8.99. The molecule has 1 aromatic carbocycles. The maximum atomic E-state index is 11.9. The number of hydrogen-bond donors (Lipinski definition) is 2. The van der Waals surface area contributed by atoms with Gasteiger partial charge in [0.15, 0.2) is 0 Å². The molecule has 0 aliphatic heterocycles. The number of hydrogen-bond acceptors (Lipinski definition) is 3. The van der Waals surface area contributed by atoms with Crippen LogP contribution in [0.4, 0.5) is 0 Å². The Morgan fingerprint density at radius 3 is 2.50 bits per heavy atom. The molecule has 1 aromatic rings. The zero-order valence-electron chi connectivity index (χ0n) is 9.88. The second-order valence-electron chi connectivity index (χ2n) is 3.07. The molecule has 18 heavy (non-hydrogen) atoms. The molecule has 0 aliphatic rings. The van der Waals surface area contributed by atoms with Crippen LogP contribution >= 0.6 is 36.4 Å². The molecule has 3 N–H and O–H groups in total. The zero-order valence-corrected chi connectivity index (χ0v) is 12.3. The molecule has 0 bridgehead atoms. The first-order valence-electron chi connectivity index (χ1n) is 4.57. The maximum Gasteiger partial charge on any atom is 0.260 e. The van der Waals surface area contributed by atoms with Gasteiger partial charge in [-0.1, -0.05) is 17.7 Å². The third-order valence-corrected chi connectivity index (χ3v) is 2.27. The lowest BCUT2D eigenvalue weighted by Gasteiger charge is -2.18. The summed E-state index contributed by atoms with van der Waals surface area (Å²) < 4.78 is 0. The quantitative estimate of drug-likeness (QED) is 0.359. The monoisotopic (exact) mass is 312 g/mol. The average molecular weight is 314 g/mol. The first kappa shape index (κ1) is 19.3. The normalized spacial score (nSPS) is 9.89. The largest absolute Gasteiger partial charge is 0.294 e. The van der Waals surface area contributed by atoms with E-state index in [-0.39, 0.29) is 36.7 Å². The molecule has 0 aromatic heterocycles. The van der Waals surface area contributed by atoms with E-state index in [1.54, 1.807) is 31.3 Å². The third-order valence-electron chi connectivity index (χ3n) is 2.03. The number of halogens is 3. The second-order valence-corrected chi connectivity index (χ2v) is 3.50. The van der Waals surface area contributed by atoms with Gasteiger partial charge in [0, 0.05) is 24.7 Å². The van der Waals surface area contributed by atoms with Gasteiger partial charge in [-0.05, 0) is 18.2 Å². The highest BCUT2D eigenvalue weighted by atomic mass is 35.5. The summed E-state index contributed by atoms with van der Waals surface area (Å²) >= 11 is 5.80. The minimum absolute atomic E-state index is 0. The van der Waals surface area contributed by atoms with Gasteiger partial charge >= 0.3 is 0 Å². The Balaban J connectivity index is 0. The summed E-state index contributed by atoms with van der Waals surface area (Å²) in [6, 6.07) is 6.68. The molecule has 0 saturated carbocycles. The minimum atomic E-state index is -0.235. The van der Waals surface area contributed by atoms with E-state index < -0.39 is 0 Å². The molecule has 0 saturated heterocycles. The molecule has 8 heteroatoms. The number of nitrogens with two attached hydrogens (primary N) is 1. The molecule has 0 unspecified atom stereocenters. The molecule has 0 heterocycles. The summed E-state index contributed by atoms with van der Waals surface area (Å²) in [5, 5.41) is 0.509. The molecule has 0 atom stereocenters. The van der Waals surface area contributed by atoms with Crippen molar-refractivity contribution in [3.8, 4) is 0 Å². The molecule has 0 radical (unpaired) electrons. The molecule has 0 fully saturated rings. The number of carbonyl (C=O) groups excluding carboxylic acids is 1. The predicted molar refractivity (Wildman–Crippen MR) is 78.7 cm³/mol. The van der Waals surface area contributed by atoms with Gasteiger partial charge in [0.25, 0.3) is 5.91 Å². The van der Waals surface area contributed by atoms with Crippen molar-refractivity contribution in [3.05, 3.63) is 34.9 Å². The van der Waals surface area contributed by atoms with E-state index in [0.717, 1.165) is 0 Å². The number of hydrazine groups is 1. The predicted octanol–water partition coefficient (Wildman–Crippen LogP) is 1.70. The van der Waals surface area contributed by atoms with Crippen LogP contribution in [0.5, 0.6) is 0 Å². The van der Waals surface area contributed by atoms with Gasteiger partial charge in [-0.3, -0.25) is 20.1 Å². The molecule has 1 amide bonds. The van der Waals surface area contributed by atoms with Gasteiger partial charge in [0.1, 0.15) is 0 Å². The molecule has 1 rings (SSSR count). The van der Waals surface area contributed by atoms with Gasteiger partial charge < -0.3 is 0 Å². The van der Waals surface area contributed by atoms with Crippen molar-refractivity contribution in [2.24, 2.45) is 10.8 Å².